The molecule has 2 N–H and O–H groups in total. The number of aromatic amines is 1. The number of alkyl halides is 8. The molecule has 1 aliphatic heterocycles. The highest BCUT2D eigenvalue weighted by Crippen LogP contribution is 2.38. The monoisotopic (exact) mass is 593 g/mol. The first-order valence-electron chi connectivity index (χ1n) is 12.0. The third kappa shape index (κ3) is 6.79. The maximum atomic E-state index is 15.4. The molecule has 3 aromatic rings. The molecule has 1 amide bonds. The fourth-order valence-corrected chi connectivity index (χ4v) is 4.37. The summed E-state index contributed by atoms with van der Waals surface area (Å²) in [6, 6.07) is 3.75. The molecule has 0 spiro atoms. The molecule has 0 unspecified atom stereocenters. The zero-order valence-electron chi connectivity index (χ0n) is 20.7. The van der Waals surface area contributed by atoms with Gasteiger partial charge in [0.1, 0.15) is 23.2 Å². The van der Waals surface area contributed by atoms with Crippen LogP contribution >= 0.6 is 0 Å². The number of hydrogen-bond acceptors (Lipinski definition) is 5. The van der Waals surface area contributed by atoms with E-state index in [9.17, 15) is 44.7 Å². The molecule has 1 saturated heterocycles. The molecule has 0 atom stereocenters. The third-order valence-corrected chi connectivity index (χ3v) is 6.47. The second kappa shape index (κ2) is 11.4. The van der Waals surface area contributed by atoms with Crippen molar-refractivity contribution in [1.82, 2.24) is 20.3 Å². The number of pyridine rings is 1. The van der Waals surface area contributed by atoms with Gasteiger partial charge in [0, 0.05) is 43.4 Å². The Balaban J connectivity index is 1.47. The number of nitrogens with one attached hydrogen (secondary N) is 2. The zero-order chi connectivity index (χ0) is 30.1. The number of rotatable bonds is 6. The minimum Gasteiger partial charge on any atom is -0.357 e. The number of nitrogens with zero attached hydrogens (tertiary/aromatic N) is 3. The van der Waals surface area contributed by atoms with Crippen molar-refractivity contribution >= 4 is 11.7 Å². The van der Waals surface area contributed by atoms with Crippen LogP contribution in [0.3, 0.4) is 0 Å². The third-order valence-electron chi connectivity index (χ3n) is 6.47. The number of hydrogen-bond donors (Lipinski definition) is 2. The average molecular weight is 593 g/mol. The molecular weight excluding hydrogens is 573 g/mol. The van der Waals surface area contributed by atoms with Crippen LogP contribution in [0.15, 0.2) is 41.3 Å². The van der Waals surface area contributed by atoms with E-state index in [1.165, 1.54) is 6.07 Å². The van der Waals surface area contributed by atoms with Gasteiger partial charge in [-0.05, 0) is 31.0 Å². The molecule has 0 bridgehead atoms. The van der Waals surface area contributed by atoms with E-state index in [2.05, 4.69) is 15.3 Å². The number of aromatic nitrogens is 3. The van der Waals surface area contributed by atoms with Gasteiger partial charge in [-0.3, -0.25) is 9.59 Å². The zero-order valence-corrected chi connectivity index (χ0v) is 20.7. The first-order valence-corrected chi connectivity index (χ1v) is 12.0. The van der Waals surface area contributed by atoms with Crippen molar-refractivity contribution in [1.29, 1.82) is 0 Å². The smallest absolute Gasteiger partial charge is 0.357 e. The van der Waals surface area contributed by atoms with Crippen LogP contribution in [0.4, 0.5) is 45.3 Å². The van der Waals surface area contributed by atoms with Crippen molar-refractivity contribution in [2.75, 3.05) is 18.0 Å². The molecule has 1 aromatic carbocycles. The van der Waals surface area contributed by atoms with Crippen LogP contribution in [0.5, 0.6) is 0 Å². The molecule has 1 aliphatic rings. The Hall–Kier alpha value is -4.11. The lowest BCUT2D eigenvalue weighted by atomic mass is 9.95. The molecule has 0 aliphatic carbocycles. The van der Waals surface area contributed by atoms with Crippen LogP contribution in [0, 0.1) is 11.7 Å². The van der Waals surface area contributed by atoms with E-state index < -0.39 is 82.3 Å². The Labute approximate surface area is 225 Å². The molecule has 220 valence electrons. The normalized spacial score (nSPS) is 14.9. The fraction of sp³-hybridized carbons (Fsp3) is 0.360. The lowest BCUT2D eigenvalue weighted by Crippen LogP contribution is -2.40. The predicted octanol–water partition coefficient (Wildman–Crippen LogP) is 5.48. The predicted molar refractivity (Wildman–Crippen MR) is 126 cm³/mol. The van der Waals surface area contributed by atoms with E-state index in [0.29, 0.717) is 24.1 Å². The molecular formula is C25H20F9N5O2. The van der Waals surface area contributed by atoms with E-state index >= 15 is 4.39 Å². The van der Waals surface area contributed by atoms with Gasteiger partial charge in [0.05, 0.1) is 16.7 Å². The molecule has 1 fully saturated rings. The van der Waals surface area contributed by atoms with Gasteiger partial charge >= 0.3 is 12.4 Å². The lowest BCUT2D eigenvalue weighted by Gasteiger charge is -2.32. The van der Waals surface area contributed by atoms with Gasteiger partial charge < -0.3 is 15.2 Å². The molecule has 7 nitrogen and oxygen atoms in total. The van der Waals surface area contributed by atoms with Crippen LogP contribution in [0.1, 0.15) is 41.7 Å². The Morgan fingerprint density at radius 1 is 1.05 bits per heavy atom. The molecule has 3 heterocycles. The van der Waals surface area contributed by atoms with Gasteiger partial charge in [0.2, 0.25) is 5.91 Å². The second-order valence-electron chi connectivity index (χ2n) is 9.16. The molecule has 0 saturated carbocycles. The summed E-state index contributed by atoms with van der Waals surface area (Å²) < 4.78 is 121. The molecule has 4 rings (SSSR count). The standard InChI is InChI=1S/C25H20F9N5O2/c26-20-13(1-3-15(25(32,33)34)19(20)22-37-16(21(27)28)9-18(40)38-22)10-36-23(41)12-5-7-39(8-6-12)17-4-2-14(11-35-17)24(29,30)31/h1-4,9,11-12,21H,5-8,10H2,(H,36,41)(H,37,38,40). The van der Waals surface area contributed by atoms with Gasteiger partial charge in [-0.1, -0.05) is 6.07 Å². The summed E-state index contributed by atoms with van der Waals surface area (Å²) in [6.07, 6.45) is -11.7. The highest BCUT2D eigenvalue weighted by atomic mass is 19.4. The van der Waals surface area contributed by atoms with Gasteiger partial charge in [-0.15, -0.1) is 0 Å². The summed E-state index contributed by atoms with van der Waals surface area (Å²) in [5.74, 6) is -3.40. The summed E-state index contributed by atoms with van der Waals surface area (Å²) in [5, 5.41) is 2.43. The Bertz CT molecular complexity index is 1460. The van der Waals surface area contributed by atoms with Gasteiger partial charge in [0.25, 0.3) is 12.0 Å². The highest BCUT2D eigenvalue weighted by Gasteiger charge is 2.37. The fourth-order valence-electron chi connectivity index (χ4n) is 4.37. The van der Waals surface area contributed by atoms with E-state index in [1.807, 2.05) is 4.98 Å². The number of carbonyl (C=O) groups excluding carboxylic acids is 1. The van der Waals surface area contributed by atoms with Crippen molar-refractivity contribution in [2.24, 2.45) is 5.92 Å². The molecule has 0 radical (unpaired) electrons. The summed E-state index contributed by atoms with van der Waals surface area (Å²) in [5.41, 5.74) is -6.50. The Kier molecular flexibility index (Phi) is 8.31. The van der Waals surface area contributed by atoms with Gasteiger partial charge in [-0.25, -0.2) is 23.1 Å². The minimum atomic E-state index is -5.13. The summed E-state index contributed by atoms with van der Waals surface area (Å²) in [4.78, 5) is 35.1. The first kappa shape index (κ1) is 29.9. The van der Waals surface area contributed by atoms with E-state index in [4.69, 9.17) is 0 Å². The summed E-state index contributed by atoms with van der Waals surface area (Å²) in [6.45, 7) is -0.0151. The summed E-state index contributed by atoms with van der Waals surface area (Å²) in [7, 11) is 0. The lowest BCUT2D eigenvalue weighted by molar-refractivity contribution is -0.138. The Morgan fingerprint density at radius 3 is 2.29 bits per heavy atom. The van der Waals surface area contributed by atoms with Crippen LogP contribution in [-0.4, -0.2) is 33.9 Å². The molecule has 41 heavy (non-hydrogen) atoms. The SMILES string of the molecule is O=C(NCc1ccc(C(F)(F)F)c(-c2nc(C(F)F)cc(=O)[nH]2)c1F)C1CCN(c2ccc(C(F)(F)F)cn2)CC1. The van der Waals surface area contributed by atoms with Crippen molar-refractivity contribution in [3.63, 3.8) is 0 Å². The van der Waals surface area contributed by atoms with Crippen LogP contribution in [-0.2, 0) is 23.7 Å². The molecule has 2 aromatic heterocycles. The van der Waals surface area contributed by atoms with Crippen molar-refractivity contribution in [3.05, 3.63) is 75.1 Å². The number of carbonyl (C=O) groups is 1. The molecule has 16 heteroatoms. The maximum Gasteiger partial charge on any atom is 0.417 e. The first-order chi connectivity index (χ1) is 19.1. The van der Waals surface area contributed by atoms with E-state index in [1.54, 1.807) is 4.90 Å². The van der Waals surface area contributed by atoms with Gasteiger partial charge in [0.15, 0.2) is 0 Å². The summed E-state index contributed by atoms with van der Waals surface area (Å²) >= 11 is 0. The van der Waals surface area contributed by atoms with Gasteiger partial charge in [-0.2, -0.15) is 26.3 Å². The second-order valence-corrected chi connectivity index (χ2v) is 9.16. The van der Waals surface area contributed by atoms with Crippen molar-refractivity contribution in [3.8, 4) is 11.4 Å². The number of amides is 1. The highest BCUT2D eigenvalue weighted by molar-refractivity contribution is 5.79. The number of piperidine rings is 1. The Morgan fingerprint density at radius 2 is 1.73 bits per heavy atom. The van der Waals surface area contributed by atoms with Crippen molar-refractivity contribution in [2.45, 2.75) is 38.2 Å². The number of H-pyrrole nitrogens is 1. The van der Waals surface area contributed by atoms with Crippen molar-refractivity contribution < 1.29 is 44.3 Å². The van der Waals surface area contributed by atoms with Crippen LogP contribution in [0.25, 0.3) is 11.4 Å². The topological polar surface area (TPSA) is 91.0 Å². The van der Waals surface area contributed by atoms with Crippen LogP contribution < -0.4 is 15.8 Å². The van der Waals surface area contributed by atoms with E-state index in [0.717, 1.165) is 12.1 Å². The average Bonchev–Trinajstić information content (AvgIpc) is 2.90. The van der Waals surface area contributed by atoms with E-state index in [-0.39, 0.29) is 25.9 Å². The van der Waals surface area contributed by atoms with Crippen LogP contribution in [0.2, 0.25) is 0 Å². The largest absolute Gasteiger partial charge is 0.417 e. The minimum absolute atomic E-state index is 0.265. The number of benzene rings is 1. The number of anilines is 1. The number of halogens is 9. The maximum absolute atomic E-state index is 15.4. The quantitative estimate of drug-likeness (QED) is 0.370.